The molecule has 0 aliphatic heterocycles. The SMILES string of the molecule is CC(C)(C)OC[C@H](NC(=O)OCC1c2ccccc2-c2ccccc21)C(=O)NCC(C)(O)C(=O)O. The first kappa shape index (κ1) is 26.2. The average Bonchev–Trinajstić information content (AvgIpc) is 3.12. The van der Waals surface area contributed by atoms with E-state index in [4.69, 9.17) is 14.6 Å². The van der Waals surface area contributed by atoms with Gasteiger partial charge in [0.05, 0.1) is 18.8 Å². The third-order valence-corrected chi connectivity index (χ3v) is 5.70. The minimum absolute atomic E-state index is 0.0715. The largest absolute Gasteiger partial charge is 0.479 e. The first-order chi connectivity index (χ1) is 16.4. The molecule has 4 N–H and O–H groups in total. The number of carboxylic acid groups (broad SMARTS) is 1. The van der Waals surface area contributed by atoms with Crippen LogP contribution in [0.25, 0.3) is 11.1 Å². The molecular formula is C26H32N2O7. The molecule has 1 aliphatic rings. The Labute approximate surface area is 204 Å². The van der Waals surface area contributed by atoms with E-state index in [0.29, 0.717) is 0 Å². The van der Waals surface area contributed by atoms with Gasteiger partial charge in [-0.2, -0.15) is 0 Å². The van der Waals surface area contributed by atoms with E-state index in [1.807, 2.05) is 48.5 Å². The molecule has 0 spiro atoms. The number of aliphatic carboxylic acids is 1. The Kier molecular flexibility index (Phi) is 7.82. The number of carboxylic acids is 1. The van der Waals surface area contributed by atoms with Crippen LogP contribution >= 0.6 is 0 Å². The van der Waals surface area contributed by atoms with Gasteiger partial charge in [-0.25, -0.2) is 9.59 Å². The molecule has 2 amide bonds. The van der Waals surface area contributed by atoms with Crippen molar-refractivity contribution in [3.05, 3.63) is 59.7 Å². The maximum atomic E-state index is 12.7. The molecule has 0 bridgehead atoms. The molecule has 35 heavy (non-hydrogen) atoms. The molecule has 1 aliphatic carbocycles. The number of ether oxygens (including phenoxy) is 2. The number of alkyl carbamates (subject to hydrolysis) is 1. The fraction of sp³-hybridized carbons (Fsp3) is 0.423. The van der Waals surface area contributed by atoms with Crippen molar-refractivity contribution < 1.29 is 34.1 Å². The summed E-state index contributed by atoms with van der Waals surface area (Å²) in [5, 5.41) is 23.8. The molecule has 0 heterocycles. The Hall–Kier alpha value is -3.43. The normalized spacial score (nSPS) is 15.3. The first-order valence-corrected chi connectivity index (χ1v) is 11.4. The summed E-state index contributed by atoms with van der Waals surface area (Å²) in [6.07, 6.45) is -0.811. The highest BCUT2D eigenvalue weighted by Crippen LogP contribution is 2.44. The highest BCUT2D eigenvalue weighted by atomic mass is 16.5. The second-order valence-electron chi connectivity index (χ2n) is 9.74. The van der Waals surface area contributed by atoms with E-state index >= 15 is 0 Å². The van der Waals surface area contributed by atoms with Crippen LogP contribution in [-0.2, 0) is 19.1 Å². The summed E-state index contributed by atoms with van der Waals surface area (Å²) < 4.78 is 11.2. The van der Waals surface area contributed by atoms with Crippen LogP contribution in [0, 0.1) is 0 Å². The number of carbonyl (C=O) groups excluding carboxylic acids is 2. The average molecular weight is 485 g/mol. The van der Waals surface area contributed by atoms with Gasteiger partial charge >= 0.3 is 12.1 Å². The minimum Gasteiger partial charge on any atom is -0.479 e. The van der Waals surface area contributed by atoms with Crippen LogP contribution in [-0.4, -0.2) is 65.2 Å². The van der Waals surface area contributed by atoms with Gasteiger partial charge in [-0.15, -0.1) is 0 Å². The fourth-order valence-electron chi connectivity index (χ4n) is 3.76. The quantitative estimate of drug-likeness (QED) is 0.430. The van der Waals surface area contributed by atoms with E-state index in [1.54, 1.807) is 20.8 Å². The van der Waals surface area contributed by atoms with Crippen LogP contribution in [0.1, 0.15) is 44.7 Å². The fourth-order valence-corrected chi connectivity index (χ4v) is 3.76. The molecule has 2 atom stereocenters. The van der Waals surface area contributed by atoms with Gasteiger partial charge in [0.2, 0.25) is 5.91 Å². The first-order valence-electron chi connectivity index (χ1n) is 11.4. The lowest BCUT2D eigenvalue weighted by Crippen LogP contribution is -2.54. The zero-order chi connectivity index (χ0) is 25.8. The van der Waals surface area contributed by atoms with E-state index in [1.165, 1.54) is 0 Å². The molecule has 0 saturated heterocycles. The van der Waals surface area contributed by atoms with E-state index in [2.05, 4.69) is 10.6 Å². The maximum Gasteiger partial charge on any atom is 0.407 e. The van der Waals surface area contributed by atoms with Gasteiger partial charge in [-0.3, -0.25) is 4.79 Å². The summed E-state index contributed by atoms with van der Waals surface area (Å²) in [5.74, 6) is -2.33. The highest BCUT2D eigenvalue weighted by Gasteiger charge is 2.33. The van der Waals surface area contributed by atoms with Gasteiger partial charge in [0.25, 0.3) is 0 Å². The van der Waals surface area contributed by atoms with E-state index < -0.39 is 41.8 Å². The van der Waals surface area contributed by atoms with Crippen molar-refractivity contribution in [1.82, 2.24) is 10.6 Å². The Balaban J connectivity index is 1.66. The van der Waals surface area contributed by atoms with Crippen molar-refractivity contribution in [2.75, 3.05) is 19.8 Å². The summed E-state index contributed by atoms with van der Waals surface area (Å²) >= 11 is 0. The van der Waals surface area contributed by atoms with E-state index in [9.17, 15) is 19.5 Å². The summed E-state index contributed by atoms with van der Waals surface area (Å²) in [6.45, 7) is 5.81. The molecule has 188 valence electrons. The zero-order valence-electron chi connectivity index (χ0n) is 20.3. The van der Waals surface area contributed by atoms with Gasteiger partial charge in [-0.05, 0) is 49.9 Å². The lowest BCUT2D eigenvalue weighted by atomic mass is 9.98. The summed E-state index contributed by atoms with van der Waals surface area (Å²) in [7, 11) is 0. The second-order valence-corrected chi connectivity index (χ2v) is 9.74. The molecule has 9 heteroatoms. The zero-order valence-corrected chi connectivity index (χ0v) is 20.3. The smallest absolute Gasteiger partial charge is 0.407 e. The third kappa shape index (κ3) is 6.58. The molecule has 3 rings (SSSR count). The predicted octanol–water partition coefficient (Wildman–Crippen LogP) is 2.66. The molecular weight excluding hydrogens is 452 g/mol. The second kappa shape index (κ2) is 10.5. The van der Waals surface area contributed by atoms with Gasteiger partial charge in [-0.1, -0.05) is 48.5 Å². The third-order valence-electron chi connectivity index (χ3n) is 5.70. The Bertz CT molecular complexity index is 1050. The van der Waals surface area contributed by atoms with Gasteiger partial charge in [0.15, 0.2) is 5.60 Å². The predicted molar refractivity (Wildman–Crippen MR) is 129 cm³/mol. The van der Waals surface area contributed by atoms with Crippen LogP contribution in [0.5, 0.6) is 0 Å². The highest BCUT2D eigenvalue weighted by molar-refractivity contribution is 5.87. The van der Waals surface area contributed by atoms with Crippen molar-refractivity contribution >= 4 is 18.0 Å². The van der Waals surface area contributed by atoms with Crippen LogP contribution in [0.2, 0.25) is 0 Å². The Morgan fingerprint density at radius 2 is 1.51 bits per heavy atom. The lowest BCUT2D eigenvalue weighted by Gasteiger charge is -2.26. The number of amides is 2. The van der Waals surface area contributed by atoms with Crippen molar-refractivity contribution in [3.63, 3.8) is 0 Å². The maximum absolute atomic E-state index is 12.7. The van der Waals surface area contributed by atoms with Gasteiger partial charge < -0.3 is 30.3 Å². The number of benzene rings is 2. The van der Waals surface area contributed by atoms with Gasteiger partial charge in [0, 0.05) is 5.92 Å². The molecule has 0 aromatic heterocycles. The van der Waals surface area contributed by atoms with Crippen LogP contribution in [0.4, 0.5) is 4.79 Å². The van der Waals surface area contributed by atoms with Crippen LogP contribution < -0.4 is 10.6 Å². The number of nitrogens with one attached hydrogen (secondary N) is 2. The van der Waals surface area contributed by atoms with E-state index in [0.717, 1.165) is 29.2 Å². The number of carbonyl (C=O) groups is 3. The van der Waals surface area contributed by atoms with Gasteiger partial charge in [0.1, 0.15) is 12.6 Å². The number of rotatable bonds is 9. The Morgan fingerprint density at radius 1 is 0.971 bits per heavy atom. The molecule has 0 saturated carbocycles. The van der Waals surface area contributed by atoms with Crippen molar-refractivity contribution in [2.45, 2.75) is 50.9 Å². The van der Waals surface area contributed by atoms with Crippen molar-refractivity contribution in [1.29, 1.82) is 0 Å². The minimum atomic E-state index is -2.16. The summed E-state index contributed by atoms with van der Waals surface area (Å²) in [6, 6.07) is 14.7. The standard InChI is InChI=1S/C26H32N2O7/c1-25(2,3)35-14-21(22(29)27-15-26(4,33)23(30)31)28-24(32)34-13-20-18-11-7-5-9-16(18)17-10-6-8-12-19(17)20/h5-12,20-21,33H,13-15H2,1-4H3,(H,27,29)(H,28,32)(H,30,31)/t21-,26?/m0/s1. The van der Waals surface area contributed by atoms with E-state index in [-0.39, 0.29) is 19.1 Å². The van der Waals surface area contributed by atoms with Crippen molar-refractivity contribution in [3.8, 4) is 11.1 Å². The topological polar surface area (TPSA) is 134 Å². The van der Waals surface area contributed by atoms with Crippen LogP contribution in [0.3, 0.4) is 0 Å². The monoisotopic (exact) mass is 484 g/mol. The number of hydrogen-bond acceptors (Lipinski definition) is 6. The molecule has 0 radical (unpaired) electrons. The van der Waals surface area contributed by atoms with Crippen molar-refractivity contribution in [2.24, 2.45) is 0 Å². The molecule has 9 nitrogen and oxygen atoms in total. The molecule has 1 unspecified atom stereocenters. The van der Waals surface area contributed by atoms with Crippen LogP contribution in [0.15, 0.2) is 48.5 Å². The number of hydrogen-bond donors (Lipinski definition) is 4. The summed E-state index contributed by atoms with van der Waals surface area (Å²) in [4.78, 5) is 36.5. The molecule has 2 aromatic carbocycles. The molecule has 0 fully saturated rings. The number of fused-ring (bicyclic) bond motifs is 3. The summed E-state index contributed by atoms with van der Waals surface area (Å²) in [5.41, 5.74) is 1.56. The lowest BCUT2D eigenvalue weighted by molar-refractivity contribution is -0.156. The number of aliphatic hydroxyl groups is 1. The molecule has 2 aromatic rings. The Morgan fingerprint density at radius 3 is 2.03 bits per heavy atom.